The molecule has 2 saturated heterocycles. The molecule has 0 atom stereocenters. The summed E-state index contributed by atoms with van der Waals surface area (Å²) in [6.45, 7) is 4.08. The van der Waals surface area contributed by atoms with Gasteiger partial charge in [0, 0.05) is 19.1 Å². The number of amides is 1. The third kappa shape index (κ3) is 3.26. The number of carbonyl (C=O) groups excluding carboxylic acids is 1. The molecule has 0 radical (unpaired) electrons. The number of benzene rings is 1. The number of piperidine rings is 2. The number of nitrogens with zero attached hydrogens (tertiary/aromatic N) is 5. The van der Waals surface area contributed by atoms with Gasteiger partial charge in [-0.05, 0) is 50.9 Å². The highest BCUT2D eigenvalue weighted by molar-refractivity contribution is 5.87. The Morgan fingerprint density at radius 2 is 1.71 bits per heavy atom. The average Bonchev–Trinajstić information content (AvgIpc) is 3.06. The van der Waals surface area contributed by atoms with Crippen LogP contribution in [0.25, 0.3) is 11.0 Å². The van der Waals surface area contributed by atoms with Crippen molar-refractivity contribution in [1.29, 1.82) is 0 Å². The minimum atomic E-state index is -0.0456. The lowest BCUT2D eigenvalue weighted by Gasteiger charge is -2.40. The summed E-state index contributed by atoms with van der Waals surface area (Å²) < 4.78 is 1.44. The van der Waals surface area contributed by atoms with E-state index in [4.69, 9.17) is 0 Å². The van der Waals surface area contributed by atoms with Crippen molar-refractivity contribution in [3.8, 4) is 0 Å². The largest absolute Gasteiger partial charge is 0.346 e. The summed E-state index contributed by atoms with van der Waals surface area (Å²) in [6, 6.07) is 8.21. The lowest BCUT2D eigenvalue weighted by molar-refractivity contribution is 0.101. The van der Waals surface area contributed by atoms with Crippen LogP contribution in [0.5, 0.6) is 0 Å². The maximum Gasteiger partial charge on any atom is 0.346 e. The van der Waals surface area contributed by atoms with Crippen LogP contribution in [0, 0.1) is 0 Å². The first-order valence-corrected chi connectivity index (χ1v) is 8.67. The van der Waals surface area contributed by atoms with Crippen LogP contribution < -0.4 is 0 Å². The second-order valence-electron chi connectivity index (χ2n) is 6.59. The van der Waals surface area contributed by atoms with Gasteiger partial charge in [0.2, 0.25) is 0 Å². The summed E-state index contributed by atoms with van der Waals surface area (Å²) in [5.74, 6) is 0. The molecule has 2 aliphatic rings. The second kappa shape index (κ2) is 7.49. The number of aromatic nitrogens is 3. The van der Waals surface area contributed by atoms with Gasteiger partial charge >= 0.3 is 6.03 Å². The minimum Gasteiger partial charge on any atom is -0.323 e. The van der Waals surface area contributed by atoms with Crippen LogP contribution in [0.15, 0.2) is 24.3 Å². The van der Waals surface area contributed by atoms with Gasteiger partial charge in [-0.3, -0.25) is 0 Å². The first kappa shape index (κ1) is 17.2. The second-order valence-corrected chi connectivity index (χ2v) is 6.59. The Hall–Kier alpha value is -1.66. The van der Waals surface area contributed by atoms with Gasteiger partial charge in [0.05, 0.1) is 5.52 Å². The molecule has 7 heteroatoms. The standard InChI is InChI=1S/C17H23N5O.ClH/c23-17(22-16-7-3-2-6-15(16)18-19-22)21-12-8-14(9-13-21)20-10-4-1-5-11-20;/h2-3,6-7,14H,1,4-5,8-13H2;1H. The number of halogens is 1. The third-order valence-electron chi connectivity index (χ3n) is 5.18. The smallest absolute Gasteiger partial charge is 0.323 e. The number of para-hydroxylation sites is 1. The van der Waals surface area contributed by atoms with Gasteiger partial charge in [-0.1, -0.05) is 23.8 Å². The molecule has 4 rings (SSSR count). The molecular weight excluding hydrogens is 326 g/mol. The fraction of sp³-hybridized carbons (Fsp3) is 0.588. The Morgan fingerprint density at radius 3 is 2.46 bits per heavy atom. The van der Waals surface area contributed by atoms with Crippen molar-refractivity contribution in [3.63, 3.8) is 0 Å². The van der Waals surface area contributed by atoms with Crippen molar-refractivity contribution >= 4 is 29.5 Å². The molecule has 2 fully saturated rings. The predicted molar refractivity (Wildman–Crippen MR) is 95.6 cm³/mol. The van der Waals surface area contributed by atoms with E-state index in [0.29, 0.717) is 6.04 Å². The number of rotatable bonds is 1. The maximum absolute atomic E-state index is 12.7. The summed E-state index contributed by atoms with van der Waals surface area (Å²) >= 11 is 0. The van der Waals surface area contributed by atoms with E-state index in [-0.39, 0.29) is 18.4 Å². The molecule has 2 aromatic rings. The monoisotopic (exact) mass is 349 g/mol. The fourth-order valence-corrected chi connectivity index (χ4v) is 3.85. The topological polar surface area (TPSA) is 54.3 Å². The van der Waals surface area contributed by atoms with Crippen molar-refractivity contribution in [1.82, 2.24) is 24.8 Å². The van der Waals surface area contributed by atoms with Gasteiger partial charge in [0.25, 0.3) is 0 Å². The Bertz CT molecular complexity index is 689. The summed E-state index contributed by atoms with van der Waals surface area (Å²) in [5.41, 5.74) is 1.56. The number of hydrogen-bond donors (Lipinski definition) is 0. The summed E-state index contributed by atoms with van der Waals surface area (Å²) in [7, 11) is 0. The summed E-state index contributed by atoms with van der Waals surface area (Å²) in [4.78, 5) is 17.3. The molecule has 0 saturated carbocycles. The van der Waals surface area contributed by atoms with Crippen LogP contribution in [0.2, 0.25) is 0 Å². The molecular formula is C17H24ClN5O. The highest BCUT2D eigenvalue weighted by Gasteiger charge is 2.29. The average molecular weight is 350 g/mol. The van der Waals surface area contributed by atoms with Crippen molar-refractivity contribution in [2.45, 2.75) is 38.1 Å². The molecule has 2 aliphatic heterocycles. The molecule has 0 unspecified atom stereocenters. The Morgan fingerprint density at radius 1 is 1.00 bits per heavy atom. The van der Waals surface area contributed by atoms with Crippen LogP contribution in [0.1, 0.15) is 32.1 Å². The Kier molecular flexibility index (Phi) is 5.36. The van der Waals surface area contributed by atoms with E-state index in [9.17, 15) is 4.79 Å². The molecule has 3 heterocycles. The zero-order chi connectivity index (χ0) is 15.6. The highest BCUT2D eigenvalue weighted by Crippen LogP contribution is 2.21. The van der Waals surface area contributed by atoms with Crippen molar-refractivity contribution < 1.29 is 4.79 Å². The van der Waals surface area contributed by atoms with Crippen LogP contribution in [-0.4, -0.2) is 63.0 Å². The van der Waals surface area contributed by atoms with Crippen molar-refractivity contribution in [2.24, 2.45) is 0 Å². The molecule has 1 amide bonds. The van der Waals surface area contributed by atoms with Crippen LogP contribution >= 0.6 is 12.4 Å². The third-order valence-corrected chi connectivity index (χ3v) is 5.18. The number of hydrogen-bond acceptors (Lipinski definition) is 4. The van der Waals surface area contributed by atoms with Gasteiger partial charge < -0.3 is 9.80 Å². The van der Waals surface area contributed by atoms with E-state index in [2.05, 4.69) is 15.2 Å². The van der Waals surface area contributed by atoms with Crippen molar-refractivity contribution in [2.75, 3.05) is 26.2 Å². The SMILES string of the molecule is Cl.O=C(N1CCC(N2CCCCC2)CC1)n1nnc2ccccc21. The molecule has 1 aromatic heterocycles. The van der Waals surface area contributed by atoms with E-state index in [1.807, 2.05) is 29.2 Å². The van der Waals surface area contributed by atoms with E-state index in [1.165, 1.54) is 37.0 Å². The molecule has 0 spiro atoms. The Labute approximate surface area is 148 Å². The number of fused-ring (bicyclic) bond motifs is 1. The Balaban J connectivity index is 0.00000169. The molecule has 24 heavy (non-hydrogen) atoms. The zero-order valence-corrected chi connectivity index (χ0v) is 14.6. The van der Waals surface area contributed by atoms with E-state index in [0.717, 1.165) is 37.0 Å². The molecule has 0 bridgehead atoms. The first-order valence-electron chi connectivity index (χ1n) is 8.67. The van der Waals surface area contributed by atoms with Crippen LogP contribution in [0.4, 0.5) is 4.79 Å². The van der Waals surface area contributed by atoms with Gasteiger partial charge in [-0.15, -0.1) is 17.5 Å². The van der Waals surface area contributed by atoms with Gasteiger partial charge in [-0.2, -0.15) is 4.68 Å². The molecule has 130 valence electrons. The summed E-state index contributed by atoms with van der Waals surface area (Å²) in [5, 5.41) is 8.12. The van der Waals surface area contributed by atoms with Crippen LogP contribution in [-0.2, 0) is 0 Å². The predicted octanol–water partition coefficient (Wildman–Crippen LogP) is 2.77. The van der Waals surface area contributed by atoms with E-state index < -0.39 is 0 Å². The fourth-order valence-electron chi connectivity index (χ4n) is 3.85. The van der Waals surface area contributed by atoms with E-state index in [1.54, 1.807) is 0 Å². The number of carbonyl (C=O) groups is 1. The highest BCUT2D eigenvalue weighted by atomic mass is 35.5. The van der Waals surface area contributed by atoms with Gasteiger partial charge in [-0.25, -0.2) is 4.79 Å². The first-order chi connectivity index (χ1) is 11.3. The van der Waals surface area contributed by atoms with Gasteiger partial charge in [0.15, 0.2) is 0 Å². The minimum absolute atomic E-state index is 0. The van der Waals surface area contributed by atoms with Crippen LogP contribution in [0.3, 0.4) is 0 Å². The lowest BCUT2D eigenvalue weighted by Crippen LogP contribution is -2.49. The normalized spacial score (nSPS) is 20.1. The lowest BCUT2D eigenvalue weighted by atomic mass is 10.0. The maximum atomic E-state index is 12.7. The molecule has 0 aliphatic carbocycles. The van der Waals surface area contributed by atoms with Gasteiger partial charge in [0.1, 0.15) is 5.52 Å². The molecule has 1 aromatic carbocycles. The zero-order valence-electron chi connectivity index (χ0n) is 13.8. The van der Waals surface area contributed by atoms with Crippen molar-refractivity contribution in [3.05, 3.63) is 24.3 Å². The summed E-state index contributed by atoms with van der Waals surface area (Å²) in [6.07, 6.45) is 6.15. The quantitative estimate of drug-likeness (QED) is 0.794. The van der Waals surface area contributed by atoms with E-state index >= 15 is 0 Å². The number of likely N-dealkylation sites (tertiary alicyclic amines) is 2. The molecule has 6 nitrogen and oxygen atoms in total. The molecule has 0 N–H and O–H groups in total.